The number of ether oxygens (including phenoxy) is 4. The van der Waals surface area contributed by atoms with Crippen molar-refractivity contribution < 1.29 is 28.8 Å². The predicted octanol–water partition coefficient (Wildman–Crippen LogP) is 1.08. The summed E-state index contributed by atoms with van der Waals surface area (Å²) in [7, 11) is 0. The number of esters is 1. The Morgan fingerprint density at radius 3 is 2.67 bits per heavy atom. The third-order valence-electron chi connectivity index (χ3n) is 3.50. The Balaban J connectivity index is 1.55. The van der Waals surface area contributed by atoms with E-state index in [1.165, 1.54) is 0 Å². The van der Waals surface area contributed by atoms with Gasteiger partial charge in [0.1, 0.15) is 24.9 Å². The van der Waals surface area contributed by atoms with Crippen molar-refractivity contribution in [1.82, 2.24) is 0 Å². The fourth-order valence-corrected chi connectivity index (χ4v) is 2.51. The Kier molecular flexibility index (Phi) is 3.71. The summed E-state index contributed by atoms with van der Waals surface area (Å²) in [6.07, 6.45) is -2.72. The maximum absolute atomic E-state index is 11.8. The van der Waals surface area contributed by atoms with E-state index in [9.17, 15) is 9.90 Å². The number of hydrogen-bond donors (Lipinski definition) is 1. The number of benzene rings is 1. The van der Waals surface area contributed by atoms with Gasteiger partial charge in [0, 0.05) is 0 Å². The molecule has 0 spiro atoms. The van der Waals surface area contributed by atoms with E-state index in [0.717, 1.165) is 0 Å². The average molecular weight is 294 g/mol. The van der Waals surface area contributed by atoms with Gasteiger partial charge in [-0.1, -0.05) is 18.2 Å². The van der Waals surface area contributed by atoms with Gasteiger partial charge in [0.25, 0.3) is 0 Å². The molecule has 0 saturated carbocycles. The topological polar surface area (TPSA) is 74.2 Å². The first-order valence-electron chi connectivity index (χ1n) is 6.88. The summed E-state index contributed by atoms with van der Waals surface area (Å²) in [6.45, 7) is 3.46. The van der Waals surface area contributed by atoms with Crippen LogP contribution in [0.4, 0.5) is 0 Å². The molecule has 2 fully saturated rings. The normalized spacial score (nSPS) is 33.7. The molecular formula is C15H18O6. The molecule has 6 heteroatoms. The highest BCUT2D eigenvalue weighted by Crippen LogP contribution is 2.37. The zero-order valence-corrected chi connectivity index (χ0v) is 11.9. The van der Waals surface area contributed by atoms with Crippen molar-refractivity contribution in [2.24, 2.45) is 0 Å². The molecule has 2 aliphatic rings. The molecule has 2 saturated heterocycles. The molecule has 0 amide bonds. The number of carbonyl (C=O) groups is 1. The molecule has 2 aliphatic heterocycles. The minimum Gasteiger partial charge on any atom is -0.459 e. The number of aliphatic hydroxyl groups excluding tert-OH is 1. The fraction of sp³-hybridized carbons (Fsp3) is 0.533. The maximum Gasteiger partial charge on any atom is 0.338 e. The van der Waals surface area contributed by atoms with E-state index in [-0.39, 0.29) is 6.61 Å². The van der Waals surface area contributed by atoms with E-state index < -0.39 is 36.4 Å². The summed E-state index contributed by atoms with van der Waals surface area (Å²) in [5.41, 5.74) is 0.457. The number of carbonyl (C=O) groups excluding carboxylic acids is 1. The zero-order valence-electron chi connectivity index (χ0n) is 11.9. The lowest BCUT2D eigenvalue weighted by atomic mass is 10.1. The molecule has 4 atom stereocenters. The molecule has 1 aromatic carbocycles. The summed E-state index contributed by atoms with van der Waals surface area (Å²) in [6, 6.07) is 8.66. The molecule has 0 radical (unpaired) electrons. The molecule has 0 aromatic heterocycles. The molecule has 3 rings (SSSR count). The van der Waals surface area contributed by atoms with Gasteiger partial charge in [-0.3, -0.25) is 0 Å². The van der Waals surface area contributed by atoms with Crippen molar-refractivity contribution in [2.75, 3.05) is 6.61 Å². The van der Waals surface area contributed by atoms with Gasteiger partial charge in [-0.2, -0.15) is 0 Å². The van der Waals surface area contributed by atoms with Crippen LogP contribution in [0.15, 0.2) is 30.3 Å². The zero-order chi connectivity index (χ0) is 15.0. The van der Waals surface area contributed by atoms with Crippen LogP contribution >= 0.6 is 0 Å². The highest BCUT2D eigenvalue weighted by atomic mass is 16.8. The summed E-state index contributed by atoms with van der Waals surface area (Å²) in [5.74, 6) is -1.23. The van der Waals surface area contributed by atoms with Crippen molar-refractivity contribution in [1.29, 1.82) is 0 Å². The van der Waals surface area contributed by atoms with Crippen molar-refractivity contribution in [3.05, 3.63) is 35.9 Å². The Bertz CT molecular complexity index is 514. The number of rotatable bonds is 3. The van der Waals surface area contributed by atoms with Crippen LogP contribution in [0.3, 0.4) is 0 Å². The lowest BCUT2D eigenvalue weighted by molar-refractivity contribution is -0.218. The molecule has 0 aliphatic carbocycles. The Morgan fingerprint density at radius 1 is 1.29 bits per heavy atom. The summed E-state index contributed by atoms with van der Waals surface area (Å²) < 4.78 is 21.8. The van der Waals surface area contributed by atoms with Gasteiger partial charge in [-0.25, -0.2) is 4.79 Å². The molecule has 6 nitrogen and oxygen atoms in total. The molecule has 2 heterocycles. The van der Waals surface area contributed by atoms with E-state index >= 15 is 0 Å². The number of fused-ring (bicyclic) bond motifs is 1. The van der Waals surface area contributed by atoms with Crippen molar-refractivity contribution in [3.8, 4) is 0 Å². The summed E-state index contributed by atoms with van der Waals surface area (Å²) in [5, 5.41) is 10.2. The third-order valence-corrected chi connectivity index (χ3v) is 3.50. The fourth-order valence-electron chi connectivity index (χ4n) is 2.51. The van der Waals surface area contributed by atoms with E-state index in [0.29, 0.717) is 5.56 Å². The second-order valence-electron chi connectivity index (χ2n) is 5.60. The van der Waals surface area contributed by atoms with Crippen LogP contribution in [0.25, 0.3) is 0 Å². The van der Waals surface area contributed by atoms with Crippen LogP contribution in [-0.2, 0) is 18.9 Å². The van der Waals surface area contributed by atoms with Gasteiger partial charge in [0.15, 0.2) is 12.1 Å². The first kappa shape index (κ1) is 14.5. The van der Waals surface area contributed by atoms with Gasteiger partial charge >= 0.3 is 5.97 Å². The average Bonchev–Trinajstić information content (AvgIpc) is 2.91. The van der Waals surface area contributed by atoms with Crippen molar-refractivity contribution in [3.63, 3.8) is 0 Å². The highest BCUT2D eigenvalue weighted by Gasteiger charge is 2.54. The largest absolute Gasteiger partial charge is 0.459 e. The minimum atomic E-state index is -0.889. The monoisotopic (exact) mass is 294 g/mol. The molecule has 114 valence electrons. The number of hydrogen-bond acceptors (Lipinski definition) is 6. The third kappa shape index (κ3) is 2.94. The van der Waals surface area contributed by atoms with E-state index in [4.69, 9.17) is 18.9 Å². The second kappa shape index (κ2) is 5.38. The van der Waals surface area contributed by atoms with Crippen LogP contribution in [-0.4, -0.2) is 48.1 Å². The molecule has 1 N–H and O–H groups in total. The van der Waals surface area contributed by atoms with Crippen LogP contribution in [0.2, 0.25) is 0 Å². The van der Waals surface area contributed by atoms with Gasteiger partial charge in [0.2, 0.25) is 0 Å². The van der Waals surface area contributed by atoms with Crippen LogP contribution in [0, 0.1) is 0 Å². The predicted molar refractivity (Wildman–Crippen MR) is 71.4 cm³/mol. The Hall–Kier alpha value is -1.47. The lowest BCUT2D eigenvalue weighted by Crippen LogP contribution is -2.37. The lowest BCUT2D eigenvalue weighted by Gasteiger charge is -2.22. The molecule has 1 aromatic rings. The van der Waals surface area contributed by atoms with Gasteiger partial charge in [-0.15, -0.1) is 0 Å². The maximum atomic E-state index is 11.8. The molecule has 21 heavy (non-hydrogen) atoms. The Morgan fingerprint density at radius 2 is 2.00 bits per heavy atom. The van der Waals surface area contributed by atoms with E-state index in [2.05, 4.69) is 0 Å². The first-order valence-corrected chi connectivity index (χ1v) is 6.88. The SMILES string of the molecule is CC1(C)OC2[C@H](O[C@H](COC(=O)c3ccccc3)[C@H]2O)O1. The number of aliphatic hydroxyl groups is 1. The molecule has 1 unspecified atom stereocenters. The molecule has 0 bridgehead atoms. The standard InChI is InChI=1S/C15H18O6/c1-15(2)20-12-11(16)10(19-14(12)21-15)8-18-13(17)9-6-4-3-5-7-9/h3-7,10-12,14,16H,8H2,1-2H3/t10-,11-,12?,14-/m1/s1. The first-order chi connectivity index (χ1) is 9.96. The highest BCUT2D eigenvalue weighted by molar-refractivity contribution is 5.89. The van der Waals surface area contributed by atoms with E-state index in [1.54, 1.807) is 38.1 Å². The summed E-state index contributed by atoms with van der Waals surface area (Å²) >= 11 is 0. The van der Waals surface area contributed by atoms with E-state index in [1.807, 2.05) is 6.07 Å². The smallest absolute Gasteiger partial charge is 0.338 e. The van der Waals surface area contributed by atoms with Crippen molar-refractivity contribution >= 4 is 5.97 Å². The van der Waals surface area contributed by atoms with Crippen LogP contribution < -0.4 is 0 Å². The van der Waals surface area contributed by atoms with Gasteiger partial charge in [-0.05, 0) is 26.0 Å². The van der Waals surface area contributed by atoms with Gasteiger partial charge in [0.05, 0.1) is 5.56 Å². The summed E-state index contributed by atoms with van der Waals surface area (Å²) in [4.78, 5) is 11.8. The van der Waals surface area contributed by atoms with Crippen LogP contribution in [0.1, 0.15) is 24.2 Å². The Labute approximate surface area is 122 Å². The quantitative estimate of drug-likeness (QED) is 0.841. The van der Waals surface area contributed by atoms with Gasteiger partial charge < -0.3 is 24.1 Å². The second-order valence-corrected chi connectivity index (χ2v) is 5.60. The molecular weight excluding hydrogens is 276 g/mol. The minimum absolute atomic E-state index is 0.0466. The van der Waals surface area contributed by atoms with Crippen molar-refractivity contribution in [2.45, 2.75) is 44.2 Å². The van der Waals surface area contributed by atoms with Crippen LogP contribution in [0.5, 0.6) is 0 Å².